The van der Waals surface area contributed by atoms with Crippen LogP contribution in [-0.4, -0.2) is 24.5 Å². The van der Waals surface area contributed by atoms with Crippen LogP contribution < -0.4 is 5.32 Å². The Morgan fingerprint density at radius 3 is 2.58 bits per heavy atom. The van der Waals surface area contributed by atoms with Gasteiger partial charge < -0.3 is 9.88 Å². The Kier molecular flexibility index (Phi) is 3.99. The van der Waals surface area contributed by atoms with Gasteiger partial charge in [0.15, 0.2) is 0 Å². The average Bonchev–Trinajstić information content (AvgIpc) is 2.92. The standard InChI is InChI=1S/C13H22N6/c1-9(2)12-11(7-19(5)17-12)6-14-10(3)13-16-15-8-18(13)4/h7-10,14H,6H2,1-5H3. The van der Waals surface area contributed by atoms with E-state index in [4.69, 9.17) is 0 Å². The molecule has 0 aromatic carbocycles. The van der Waals surface area contributed by atoms with Gasteiger partial charge in [-0.1, -0.05) is 13.8 Å². The number of rotatable bonds is 5. The zero-order chi connectivity index (χ0) is 14.0. The molecule has 0 aliphatic heterocycles. The van der Waals surface area contributed by atoms with Crippen LogP contribution in [0.4, 0.5) is 0 Å². The van der Waals surface area contributed by atoms with Gasteiger partial charge in [-0.15, -0.1) is 10.2 Å². The predicted molar refractivity (Wildman–Crippen MR) is 73.6 cm³/mol. The molecular formula is C13H22N6. The molecule has 0 fully saturated rings. The highest BCUT2D eigenvalue weighted by Gasteiger charge is 2.14. The zero-order valence-corrected chi connectivity index (χ0v) is 12.3. The fourth-order valence-electron chi connectivity index (χ4n) is 2.22. The van der Waals surface area contributed by atoms with E-state index < -0.39 is 0 Å². The third kappa shape index (κ3) is 3.01. The van der Waals surface area contributed by atoms with Crippen LogP contribution in [0.2, 0.25) is 0 Å². The number of hydrogen-bond acceptors (Lipinski definition) is 4. The lowest BCUT2D eigenvalue weighted by Crippen LogP contribution is -2.21. The van der Waals surface area contributed by atoms with Gasteiger partial charge in [-0.3, -0.25) is 4.68 Å². The maximum Gasteiger partial charge on any atom is 0.149 e. The molecule has 1 atom stereocenters. The predicted octanol–water partition coefficient (Wildman–Crippen LogP) is 1.52. The number of nitrogens with one attached hydrogen (secondary N) is 1. The monoisotopic (exact) mass is 262 g/mol. The summed E-state index contributed by atoms with van der Waals surface area (Å²) in [5, 5.41) is 16.0. The van der Waals surface area contributed by atoms with Crippen molar-refractivity contribution in [2.24, 2.45) is 14.1 Å². The first-order chi connectivity index (χ1) is 8.99. The molecule has 1 unspecified atom stereocenters. The lowest BCUT2D eigenvalue weighted by molar-refractivity contribution is 0.526. The first-order valence-electron chi connectivity index (χ1n) is 6.58. The van der Waals surface area contributed by atoms with Crippen LogP contribution in [0.5, 0.6) is 0 Å². The Labute approximate surface area is 113 Å². The molecule has 0 radical (unpaired) electrons. The summed E-state index contributed by atoms with van der Waals surface area (Å²) in [6, 6.07) is 0.160. The molecule has 2 aromatic rings. The van der Waals surface area contributed by atoms with E-state index in [1.807, 2.05) is 23.3 Å². The molecule has 2 rings (SSSR count). The summed E-state index contributed by atoms with van der Waals surface area (Å²) in [6.07, 6.45) is 3.79. The summed E-state index contributed by atoms with van der Waals surface area (Å²) in [7, 11) is 3.92. The molecule has 0 aliphatic carbocycles. The first-order valence-corrected chi connectivity index (χ1v) is 6.58. The highest BCUT2D eigenvalue weighted by atomic mass is 15.3. The fraction of sp³-hybridized carbons (Fsp3) is 0.615. The second kappa shape index (κ2) is 5.52. The Bertz CT molecular complexity index is 539. The Hall–Kier alpha value is -1.69. The summed E-state index contributed by atoms with van der Waals surface area (Å²) < 4.78 is 3.81. The summed E-state index contributed by atoms with van der Waals surface area (Å²) in [5.41, 5.74) is 2.40. The van der Waals surface area contributed by atoms with Crippen molar-refractivity contribution in [1.29, 1.82) is 0 Å². The SMILES string of the molecule is CC(C)c1nn(C)cc1CNC(C)c1nncn1C. The molecule has 6 nitrogen and oxygen atoms in total. The van der Waals surface area contributed by atoms with Crippen molar-refractivity contribution in [3.8, 4) is 0 Å². The zero-order valence-electron chi connectivity index (χ0n) is 12.3. The molecule has 19 heavy (non-hydrogen) atoms. The highest BCUT2D eigenvalue weighted by Crippen LogP contribution is 2.18. The lowest BCUT2D eigenvalue weighted by atomic mass is 10.1. The summed E-state index contributed by atoms with van der Waals surface area (Å²) in [5.74, 6) is 1.37. The molecule has 0 spiro atoms. The van der Waals surface area contributed by atoms with Crippen LogP contribution in [0.1, 0.15) is 49.8 Å². The third-order valence-corrected chi connectivity index (χ3v) is 3.22. The molecule has 1 N–H and O–H groups in total. The van der Waals surface area contributed by atoms with Crippen molar-refractivity contribution in [2.75, 3.05) is 0 Å². The average molecular weight is 262 g/mol. The lowest BCUT2D eigenvalue weighted by Gasteiger charge is -2.13. The van der Waals surface area contributed by atoms with Gasteiger partial charge in [-0.05, 0) is 12.8 Å². The van der Waals surface area contributed by atoms with Crippen molar-refractivity contribution in [2.45, 2.75) is 39.3 Å². The molecule has 0 saturated heterocycles. The molecule has 0 bridgehead atoms. The van der Waals surface area contributed by atoms with Gasteiger partial charge >= 0.3 is 0 Å². The molecule has 2 heterocycles. The minimum atomic E-state index is 0.160. The van der Waals surface area contributed by atoms with E-state index in [0.717, 1.165) is 18.1 Å². The van der Waals surface area contributed by atoms with E-state index in [0.29, 0.717) is 5.92 Å². The van der Waals surface area contributed by atoms with Gasteiger partial charge in [-0.25, -0.2) is 0 Å². The topological polar surface area (TPSA) is 60.6 Å². The smallest absolute Gasteiger partial charge is 0.149 e. The Balaban J connectivity index is 2.05. The molecule has 0 aliphatic rings. The Morgan fingerprint density at radius 2 is 2.00 bits per heavy atom. The normalized spacial score (nSPS) is 13.2. The van der Waals surface area contributed by atoms with Crippen LogP contribution in [0.15, 0.2) is 12.5 Å². The minimum absolute atomic E-state index is 0.160. The van der Waals surface area contributed by atoms with Crippen LogP contribution in [-0.2, 0) is 20.6 Å². The van der Waals surface area contributed by atoms with Crippen LogP contribution in [0.3, 0.4) is 0 Å². The van der Waals surface area contributed by atoms with Crippen molar-refractivity contribution in [1.82, 2.24) is 29.9 Å². The molecule has 2 aromatic heterocycles. The molecule has 0 saturated carbocycles. The second-order valence-corrected chi connectivity index (χ2v) is 5.27. The largest absolute Gasteiger partial charge is 0.319 e. The van der Waals surface area contributed by atoms with E-state index >= 15 is 0 Å². The van der Waals surface area contributed by atoms with E-state index in [9.17, 15) is 0 Å². The van der Waals surface area contributed by atoms with E-state index in [1.54, 1.807) is 6.33 Å². The fourth-order valence-corrected chi connectivity index (χ4v) is 2.22. The van der Waals surface area contributed by atoms with Gasteiger partial charge in [0.25, 0.3) is 0 Å². The maximum atomic E-state index is 4.51. The van der Waals surface area contributed by atoms with E-state index in [-0.39, 0.29) is 6.04 Å². The van der Waals surface area contributed by atoms with Gasteiger partial charge in [-0.2, -0.15) is 5.10 Å². The highest BCUT2D eigenvalue weighted by molar-refractivity contribution is 5.20. The summed E-state index contributed by atoms with van der Waals surface area (Å²) in [6.45, 7) is 7.21. The van der Waals surface area contributed by atoms with E-state index in [2.05, 4.69) is 47.6 Å². The van der Waals surface area contributed by atoms with Crippen molar-refractivity contribution in [3.05, 3.63) is 29.6 Å². The molecule has 6 heteroatoms. The first kappa shape index (κ1) is 13.7. The van der Waals surface area contributed by atoms with Crippen molar-refractivity contribution >= 4 is 0 Å². The van der Waals surface area contributed by atoms with Gasteiger partial charge in [0, 0.05) is 32.4 Å². The summed E-state index contributed by atoms with van der Waals surface area (Å²) >= 11 is 0. The van der Waals surface area contributed by atoms with Crippen molar-refractivity contribution < 1.29 is 0 Å². The third-order valence-electron chi connectivity index (χ3n) is 3.22. The van der Waals surface area contributed by atoms with Crippen LogP contribution >= 0.6 is 0 Å². The Morgan fingerprint density at radius 1 is 1.26 bits per heavy atom. The maximum absolute atomic E-state index is 4.51. The quantitative estimate of drug-likeness (QED) is 0.887. The van der Waals surface area contributed by atoms with E-state index in [1.165, 1.54) is 5.56 Å². The van der Waals surface area contributed by atoms with Gasteiger partial charge in [0.1, 0.15) is 12.2 Å². The summed E-state index contributed by atoms with van der Waals surface area (Å²) in [4.78, 5) is 0. The molecule has 0 amide bonds. The minimum Gasteiger partial charge on any atom is -0.319 e. The van der Waals surface area contributed by atoms with Crippen LogP contribution in [0, 0.1) is 0 Å². The van der Waals surface area contributed by atoms with Gasteiger partial charge in [0.2, 0.25) is 0 Å². The van der Waals surface area contributed by atoms with Gasteiger partial charge in [0.05, 0.1) is 11.7 Å². The van der Waals surface area contributed by atoms with Crippen LogP contribution in [0.25, 0.3) is 0 Å². The second-order valence-electron chi connectivity index (χ2n) is 5.27. The molecular weight excluding hydrogens is 240 g/mol. The number of aryl methyl sites for hydroxylation is 2. The van der Waals surface area contributed by atoms with Crippen molar-refractivity contribution in [3.63, 3.8) is 0 Å². The molecule has 104 valence electrons. The number of aromatic nitrogens is 5. The number of hydrogen-bond donors (Lipinski definition) is 1. The number of nitrogens with zero attached hydrogens (tertiary/aromatic N) is 5.